The van der Waals surface area contributed by atoms with Crippen LogP contribution in [0.4, 0.5) is 0 Å². The summed E-state index contributed by atoms with van der Waals surface area (Å²) in [5.74, 6) is 0.436. The predicted octanol–water partition coefficient (Wildman–Crippen LogP) is 2.87. The summed E-state index contributed by atoms with van der Waals surface area (Å²) in [6.45, 7) is 5.59. The van der Waals surface area contributed by atoms with Gasteiger partial charge in [-0.1, -0.05) is 15.9 Å². The fourth-order valence-corrected chi connectivity index (χ4v) is 3.90. The van der Waals surface area contributed by atoms with Crippen LogP contribution in [0.2, 0.25) is 0 Å². The minimum atomic E-state index is -3.96. The molecule has 0 saturated heterocycles. The lowest BCUT2D eigenvalue weighted by molar-refractivity contribution is 0.366. The van der Waals surface area contributed by atoms with Gasteiger partial charge in [0.1, 0.15) is 0 Å². The standard InChI is InChI=1S/C12H14Br2N4O2S/c1-12(2,3)18-10(16-17-11(18)21(15,19)20)8-5-4-7(13)6-9(8)14/h4-6H,1-3H3,(H2,15,19,20). The van der Waals surface area contributed by atoms with Gasteiger partial charge >= 0.3 is 0 Å². The van der Waals surface area contributed by atoms with Crippen molar-refractivity contribution in [1.29, 1.82) is 0 Å². The molecule has 0 aliphatic heterocycles. The molecule has 0 spiro atoms. The molecule has 2 rings (SSSR count). The lowest BCUT2D eigenvalue weighted by Crippen LogP contribution is -2.29. The molecule has 0 radical (unpaired) electrons. The van der Waals surface area contributed by atoms with Crippen molar-refractivity contribution in [2.75, 3.05) is 0 Å². The van der Waals surface area contributed by atoms with Crippen LogP contribution in [-0.4, -0.2) is 23.2 Å². The summed E-state index contributed by atoms with van der Waals surface area (Å²) in [5, 5.41) is 12.8. The van der Waals surface area contributed by atoms with Gasteiger partial charge in [0.05, 0.1) is 0 Å². The molecule has 0 atom stereocenters. The van der Waals surface area contributed by atoms with Crippen molar-refractivity contribution in [3.8, 4) is 11.4 Å². The molecular formula is C12H14Br2N4O2S. The van der Waals surface area contributed by atoms with Crippen molar-refractivity contribution in [1.82, 2.24) is 14.8 Å². The highest BCUT2D eigenvalue weighted by Gasteiger charge is 2.29. The van der Waals surface area contributed by atoms with E-state index in [1.807, 2.05) is 39.0 Å². The van der Waals surface area contributed by atoms with Gasteiger partial charge in [-0.2, -0.15) is 0 Å². The Morgan fingerprint density at radius 1 is 1.19 bits per heavy atom. The van der Waals surface area contributed by atoms with Crippen molar-refractivity contribution in [3.63, 3.8) is 0 Å². The van der Waals surface area contributed by atoms with E-state index in [0.29, 0.717) is 5.82 Å². The van der Waals surface area contributed by atoms with Crippen molar-refractivity contribution in [3.05, 3.63) is 27.1 Å². The Hall–Kier alpha value is -0.770. The van der Waals surface area contributed by atoms with Gasteiger partial charge in [0.25, 0.3) is 15.2 Å². The van der Waals surface area contributed by atoms with Crippen molar-refractivity contribution >= 4 is 41.9 Å². The van der Waals surface area contributed by atoms with E-state index < -0.39 is 15.6 Å². The first-order valence-electron chi connectivity index (χ1n) is 5.96. The summed E-state index contributed by atoms with van der Waals surface area (Å²) < 4.78 is 26.6. The van der Waals surface area contributed by atoms with Gasteiger partial charge in [-0.15, -0.1) is 10.2 Å². The molecule has 21 heavy (non-hydrogen) atoms. The van der Waals surface area contributed by atoms with Gasteiger partial charge in [-0.3, -0.25) is 4.57 Å². The third-order valence-corrected chi connectivity index (χ3v) is 4.65. The van der Waals surface area contributed by atoms with Crippen LogP contribution in [-0.2, 0) is 15.6 Å². The van der Waals surface area contributed by atoms with Crippen LogP contribution in [0, 0.1) is 0 Å². The minimum absolute atomic E-state index is 0.250. The Balaban J connectivity index is 2.80. The van der Waals surface area contributed by atoms with Crippen molar-refractivity contribution in [2.24, 2.45) is 5.14 Å². The van der Waals surface area contributed by atoms with E-state index in [9.17, 15) is 8.42 Å². The fraction of sp³-hybridized carbons (Fsp3) is 0.333. The normalized spacial score (nSPS) is 12.7. The second-order valence-corrected chi connectivity index (χ2v) is 8.71. The van der Waals surface area contributed by atoms with Crippen LogP contribution in [0.1, 0.15) is 20.8 Å². The summed E-state index contributed by atoms with van der Waals surface area (Å²) in [5.41, 5.74) is 0.183. The lowest BCUT2D eigenvalue weighted by atomic mass is 10.1. The smallest absolute Gasteiger partial charge is 0.273 e. The summed E-state index contributed by atoms with van der Waals surface area (Å²) >= 11 is 6.83. The first-order valence-corrected chi connectivity index (χ1v) is 9.09. The van der Waals surface area contributed by atoms with E-state index in [1.165, 1.54) is 4.57 Å². The largest absolute Gasteiger partial charge is 0.291 e. The van der Waals surface area contributed by atoms with Gasteiger partial charge < -0.3 is 0 Å². The monoisotopic (exact) mass is 436 g/mol. The number of rotatable bonds is 2. The predicted molar refractivity (Wildman–Crippen MR) is 87.2 cm³/mol. The highest BCUT2D eigenvalue weighted by atomic mass is 79.9. The van der Waals surface area contributed by atoms with E-state index >= 15 is 0 Å². The molecule has 1 aromatic heterocycles. The minimum Gasteiger partial charge on any atom is -0.291 e. The van der Waals surface area contributed by atoms with Crippen LogP contribution >= 0.6 is 31.9 Å². The zero-order valence-electron chi connectivity index (χ0n) is 11.6. The lowest BCUT2D eigenvalue weighted by Gasteiger charge is -2.24. The molecule has 0 unspecified atom stereocenters. The number of nitrogens with zero attached hydrogens (tertiary/aromatic N) is 3. The molecule has 1 aromatic carbocycles. The first-order chi connectivity index (χ1) is 9.51. The van der Waals surface area contributed by atoms with Gasteiger partial charge in [0.15, 0.2) is 5.82 Å². The molecule has 6 nitrogen and oxygen atoms in total. The fourth-order valence-electron chi connectivity index (χ4n) is 1.90. The number of benzene rings is 1. The van der Waals surface area contributed by atoms with Crippen molar-refractivity contribution < 1.29 is 8.42 Å². The number of halogens is 2. The summed E-state index contributed by atoms with van der Waals surface area (Å²) in [6.07, 6.45) is 0. The SMILES string of the molecule is CC(C)(C)n1c(-c2ccc(Br)cc2Br)nnc1S(N)(=O)=O. The Kier molecular flexibility index (Phi) is 4.31. The second-order valence-electron chi connectivity index (χ2n) is 5.48. The third-order valence-electron chi connectivity index (χ3n) is 2.73. The Morgan fingerprint density at radius 3 is 2.29 bits per heavy atom. The average Bonchev–Trinajstić information content (AvgIpc) is 2.72. The average molecular weight is 438 g/mol. The molecule has 0 saturated carbocycles. The number of sulfonamides is 1. The Morgan fingerprint density at radius 2 is 1.81 bits per heavy atom. The van der Waals surface area contributed by atoms with Crippen LogP contribution in [0.25, 0.3) is 11.4 Å². The van der Waals surface area contributed by atoms with Crippen LogP contribution in [0.5, 0.6) is 0 Å². The van der Waals surface area contributed by atoms with E-state index in [1.54, 1.807) is 0 Å². The number of hydrogen-bond donors (Lipinski definition) is 1. The van der Waals surface area contributed by atoms with Gasteiger partial charge in [0.2, 0.25) is 0 Å². The van der Waals surface area contributed by atoms with E-state index in [4.69, 9.17) is 5.14 Å². The highest BCUT2D eigenvalue weighted by molar-refractivity contribution is 9.11. The van der Waals surface area contributed by atoms with Crippen LogP contribution in [0.15, 0.2) is 32.3 Å². The molecule has 114 valence electrons. The zero-order chi connectivity index (χ0) is 16.0. The summed E-state index contributed by atoms with van der Waals surface area (Å²) in [6, 6.07) is 5.53. The van der Waals surface area contributed by atoms with E-state index in [0.717, 1.165) is 14.5 Å². The van der Waals surface area contributed by atoms with E-state index in [2.05, 4.69) is 42.1 Å². The molecular weight excluding hydrogens is 424 g/mol. The third kappa shape index (κ3) is 3.36. The number of aromatic nitrogens is 3. The van der Waals surface area contributed by atoms with Gasteiger partial charge in [0, 0.05) is 20.0 Å². The Bertz CT molecular complexity index is 794. The summed E-state index contributed by atoms with van der Waals surface area (Å²) in [7, 11) is -3.96. The molecule has 0 fully saturated rings. The topological polar surface area (TPSA) is 90.9 Å². The number of nitrogens with two attached hydrogens (primary N) is 1. The zero-order valence-corrected chi connectivity index (χ0v) is 15.6. The molecule has 9 heteroatoms. The molecule has 2 N–H and O–H groups in total. The molecule has 0 aliphatic carbocycles. The number of primary sulfonamides is 1. The molecule has 0 aliphatic rings. The van der Waals surface area contributed by atoms with Crippen LogP contribution < -0.4 is 5.14 Å². The maximum atomic E-state index is 11.7. The number of hydrogen-bond acceptors (Lipinski definition) is 4. The molecule has 1 heterocycles. The van der Waals surface area contributed by atoms with Crippen LogP contribution in [0.3, 0.4) is 0 Å². The van der Waals surface area contributed by atoms with E-state index in [-0.39, 0.29) is 5.16 Å². The molecule has 0 amide bonds. The Labute approximate surface area is 140 Å². The maximum absolute atomic E-state index is 11.7. The van der Waals surface area contributed by atoms with Gasteiger partial charge in [-0.25, -0.2) is 13.6 Å². The second kappa shape index (κ2) is 5.45. The van der Waals surface area contributed by atoms with Gasteiger partial charge in [-0.05, 0) is 54.9 Å². The quantitative estimate of drug-likeness (QED) is 0.781. The van der Waals surface area contributed by atoms with Crippen molar-refractivity contribution in [2.45, 2.75) is 31.5 Å². The molecule has 0 bridgehead atoms. The highest BCUT2D eigenvalue weighted by Crippen LogP contribution is 2.33. The molecule has 2 aromatic rings. The first kappa shape index (κ1) is 16.6. The summed E-state index contributed by atoms with van der Waals surface area (Å²) in [4.78, 5) is 0. The maximum Gasteiger partial charge on any atom is 0.273 e.